The van der Waals surface area contributed by atoms with Crippen LogP contribution < -0.4 is 5.76 Å². The second kappa shape index (κ2) is 4.02. The standard InChI is InChI=1S/C11H9NO6/c1-5(9(13)14)12-7-4-6(10(15)16)2-3-8(7)18-11(12)17/h2-5H,1H3,(H,13,14)(H,15,16). The molecule has 0 radical (unpaired) electrons. The Bertz CT molecular complexity index is 695. The van der Waals surface area contributed by atoms with Crippen LogP contribution in [0.4, 0.5) is 0 Å². The third kappa shape index (κ3) is 1.75. The van der Waals surface area contributed by atoms with Gasteiger partial charge in [-0.1, -0.05) is 0 Å². The summed E-state index contributed by atoms with van der Waals surface area (Å²) in [6.45, 7) is 1.31. The molecule has 0 saturated heterocycles. The molecule has 0 bridgehead atoms. The summed E-state index contributed by atoms with van der Waals surface area (Å²) in [5.74, 6) is -3.21. The first kappa shape index (κ1) is 11.9. The van der Waals surface area contributed by atoms with Gasteiger partial charge in [-0.05, 0) is 25.1 Å². The van der Waals surface area contributed by atoms with E-state index < -0.39 is 23.7 Å². The van der Waals surface area contributed by atoms with Crippen molar-refractivity contribution in [1.82, 2.24) is 4.57 Å². The van der Waals surface area contributed by atoms with Gasteiger partial charge in [-0.25, -0.2) is 14.4 Å². The molecule has 7 nitrogen and oxygen atoms in total. The van der Waals surface area contributed by atoms with Gasteiger partial charge in [0.25, 0.3) is 0 Å². The van der Waals surface area contributed by atoms with Crippen LogP contribution in [0.15, 0.2) is 27.4 Å². The van der Waals surface area contributed by atoms with Gasteiger partial charge in [-0.2, -0.15) is 0 Å². The third-order valence-electron chi connectivity index (χ3n) is 2.60. The fourth-order valence-corrected chi connectivity index (χ4v) is 1.64. The molecule has 0 saturated carbocycles. The maximum absolute atomic E-state index is 11.6. The minimum absolute atomic E-state index is 0.0466. The van der Waals surface area contributed by atoms with Crippen molar-refractivity contribution in [3.8, 4) is 0 Å². The Kier molecular flexibility index (Phi) is 2.66. The highest BCUT2D eigenvalue weighted by Gasteiger charge is 2.21. The lowest BCUT2D eigenvalue weighted by molar-refractivity contribution is -0.140. The quantitative estimate of drug-likeness (QED) is 0.839. The molecule has 0 spiro atoms. The van der Waals surface area contributed by atoms with Crippen molar-refractivity contribution in [1.29, 1.82) is 0 Å². The predicted molar refractivity (Wildman–Crippen MR) is 59.8 cm³/mol. The molecular formula is C11H9NO6. The van der Waals surface area contributed by atoms with Crippen LogP contribution in [0.25, 0.3) is 11.1 Å². The predicted octanol–water partition coefficient (Wildman–Crippen LogP) is 0.938. The normalized spacial score (nSPS) is 12.5. The first-order chi connectivity index (χ1) is 8.41. The number of aromatic nitrogens is 1. The Morgan fingerprint density at radius 2 is 2.00 bits per heavy atom. The molecule has 1 atom stereocenters. The lowest BCUT2D eigenvalue weighted by Crippen LogP contribution is -2.24. The van der Waals surface area contributed by atoms with Crippen LogP contribution in [-0.2, 0) is 4.79 Å². The second-order valence-corrected chi connectivity index (χ2v) is 3.74. The van der Waals surface area contributed by atoms with Crippen molar-refractivity contribution < 1.29 is 24.2 Å². The highest BCUT2D eigenvalue weighted by molar-refractivity contribution is 5.92. The number of carboxylic acid groups (broad SMARTS) is 2. The molecule has 0 fully saturated rings. The van der Waals surface area contributed by atoms with E-state index in [0.717, 1.165) is 4.57 Å². The maximum Gasteiger partial charge on any atom is 0.420 e. The average Bonchev–Trinajstić information content (AvgIpc) is 2.62. The van der Waals surface area contributed by atoms with E-state index in [1.165, 1.54) is 25.1 Å². The highest BCUT2D eigenvalue weighted by atomic mass is 16.4. The molecule has 1 aromatic heterocycles. The zero-order valence-corrected chi connectivity index (χ0v) is 9.28. The van der Waals surface area contributed by atoms with Crippen LogP contribution in [0, 0.1) is 0 Å². The molecular weight excluding hydrogens is 242 g/mol. The van der Waals surface area contributed by atoms with Crippen LogP contribution in [0.5, 0.6) is 0 Å². The molecule has 2 aromatic rings. The Balaban J connectivity index is 2.75. The minimum atomic E-state index is -1.21. The summed E-state index contributed by atoms with van der Waals surface area (Å²) in [5, 5.41) is 17.8. The van der Waals surface area contributed by atoms with Crippen molar-refractivity contribution in [2.45, 2.75) is 13.0 Å². The molecule has 2 rings (SSSR count). The lowest BCUT2D eigenvalue weighted by Gasteiger charge is -2.06. The fourth-order valence-electron chi connectivity index (χ4n) is 1.64. The van der Waals surface area contributed by atoms with Gasteiger partial charge in [0.2, 0.25) is 0 Å². The van der Waals surface area contributed by atoms with E-state index in [9.17, 15) is 14.4 Å². The number of carbonyl (C=O) groups is 2. The van der Waals surface area contributed by atoms with Crippen molar-refractivity contribution in [3.63, 3.8) is 0 Å². The largest absolute Gasteiger partial charge is 0.480 e. The Morgan fingerprint density at radius 3 is 2.56 bits per heavy atom. The number of fused-ring (bicyclic) bond motifs is 1. The second-order valence-electron chi connectivity index (χ2n) is 3.74. The Labute approximate surface area is 99.9 Å². The number of rotatable bonds is 3. The summed E-state index contributed by atoms with van der Waals surface area (Å²) < 4.78 is 5.76. The zero-order chi connectivity index (χ0) is 13.4. The van der Waals surface area contributed by atoms with Crippen LogP contribution in [0.2, 0.25) is 0 Å². The zero-order valence-electron chi connectivity index (χ0n) is 9.28. The lowest BCUT2D eigenvalue weighted by atomic mass is 10.2. The highest BCUT2D eigenvalue weighted by Crippen LogP contribution is 2.18. The van der Waals surface area contributed by atoms with E-state index in [-0.39, 0.29) is 16.7 Å². The van der Waals surface area contributed by atoms with Crippen molar-refractivity contribution in [3.05, 3.63) is 34.3 Å². The molecule has 0 amide bonds. The molecule has 0 aliphatic rings. The van der Waals surface area contributed by atoms with Gasteiger partial charge in [-0.15, -0.1) is 0 Å². The summed E-state index contributed by atoms with van der Waals surface area (Å²) in [6.07, 6.45) is 0. The maximum atomic E-state index is 11.6. The summed E-state index contributed by atoms with van der Waals surface area (Å²) in [4.78, 5) is 33.3. The van der Waals surface area contributed by atoms with Gasteiger partial charge in [0.15, 0.2) is 5.58 Å². The van der Waals surface area contributed by atoms with E-state index >= 15 is 0 Å². The number of hydrogen-bond acceptors (Lipinski definition) is 4. The Morgan fingerprint density at radius 1 is 1.33 bits per heavy atom. The SMILES string of the molecule is CC(C(=O)O)n1c(=O)oc2ccc(C(=O)O)cc21. The van der Waals surface area contributed by atoms with Crippen molar-refractivity contribution in [2.75, 3.05) is 0 Å². The Hall–Kier alpha value is -2.57. The molecule has 7 heteroatoms. The molecule has 1 aromatic carbocycles. The van der Waals surface area contributed by atoms with Crippen LogP contribution in [0.1, 0.15) is 23.3 Å². The number of oxazole rings is 1. The monoisotopic (exact) mass is 251 g/mol. The first-order valence-electron chi connectivity index (χ1n) is 5.03. The average molecular weight is 251 g/mol. The minimum Gasteiger partial charge on any atom is -0.480 e. The summed E-state index contributed by atoms with van der Waals surface area (Å²) in [5.41, 5.74) is 0.252. The van der Waals surface area contributed by atoms with Crippen LogP contribution >= 0.6 is 0 Å². The topological polar surface area (TPSA) is 110 Å². The molecule has 2 N–H and O–H groups in total. The summed E-state index contributed by atoms with van der Waals surface area (Å²) in [7, 11) is 0. The van der Waals surface area contributed by atoms with Gasteiger partial charge < -0.3 is 14.6 Å². The smallest absolute Gasteiger partial charge is 0.420 e. The van der Waals surface area contributed by atoms with E-state index in [2.05, 4.69) is 0 Å². The van der Waals surface area contributed by atoms with Crippen LogP contribution in [-0.4, -0.2) is 26.7 Å². The molecule has 0 aliphatic carbocycles. The van der Waals surface area contributed by atoms with Gasteiger partial charge in [0, 0.05) is 0 Å². The molecule has 0 aliphatic heterocycles. The number of aromatic carboxylic acids is 1. The first-order valence-corrected chi connectivity index (χ1v) is 5.03. The van der Waals surface area contributed by atoms with Crippen molar-refractivity contribution in [2.24, 2.45) is 0 Å². The summed E-state index contributed by atoms with van der Waals surface area (Å²) in [6, 6.07) is 2.68. The van der Waals surface area contributed by atoms with Crippen LogP contribution in [0.3, 0.4) is 0 Å². The molecule has 18 heavy (non-hydrogen) atoms. The van der Waals surface area contributed by atoms with Crippen molar-refractivity contribution >= 4 is 23.0 Å². The third-order valence-corrected chi connectivity index (χ3v) is 2.60. The molecule has 1 unspecified atom stereocenters. The van der Waals surface area contributed by atoms with E-state index in [4.69, 9.17) is 14.6 Å². The molecule has 94 valence electrons. The van der Waals surface area contributed by atoms with E-state index in [1.807, 2.05) is 0 Å². The number of nitrogens with zero attached hydrogens (tertiary/aromatic N) is 1. The number of benzene rings is 1. The fraction of sp³-hybridized carbons (Fsp3) is 0.182. The number of aliphatic carboxylic acids is 1. The number of hydrogen-bond donors (Lipinski definition) is 2. The van der Waals surface area contributed by atoms with Gasteiger partial charge in [-0.3, -0.25) is 4.57 Å². The van der Waals surface area contributed by atoms with Gasteiger partial charge in [0.05, 0.1) is 11.1 Å². The number of carboxylic acids is 2. The summed E-state index contributed by atoms with van der Waals surface area (Å²) >= 11 is 0. The van der Waals surface area contributed by atoms with Gasteiger partial charge in [0.1, 0.15) is 6.04 Å². The van der Waals surface area contributed by atoms with E-state index in [1.54, 1.807) is 0 Å². The van der Waals surface area contributed by atoms with E-state index in [0.29, 0.717) is 0 Å². The molecule has 1 heterocycles. The van der Waals surface area contributed by atoms with Gasteiger partial charge >= 0.3 is 17.7 Å².